The first kappa shape index (κ1) is 9.75. The van der Waals surface area contributed by atoms with Crippen LogP contribution in [0.3, 0.4) is 0 Å². The number of rotatable bonds is 4. The minimum Gasteiger partial charge on any atom is -0.381 e. The van der Waals surface area contributed by atoms with Gasteiger partial charge in [0.05, 0.1) is 0 Å². The molecule has 0 aliphatic rings. The lowest BCUT2D eigenvalue weighted by molar-refractivity contribution is -0.123. The summed E-state index contributed by atoms with van der Waals surface area (Å²) in [6, 6.07) is 0. The molecule has 0 heterocycles. The number of aliphatic hydroxyl groups is 1. The summed E-state index contributed by atoms with van der Waals surface area (Å²) < 4.78 is 0. The maximum absolute atomic E-state index is 10.8. The van der Waals surface area contributed by atoms with Crippen molar-refractivity contribution in [1.29, 1.82) is 0 Å². The van der Waals surface area contributed by atoms with Crippen molar-refractivity contribution in [2.75, 3.05) is 6.54 Å². The molecule has 0 rings (SSSR count). The van der Waals surface area contributed by atoms with Crippen LogP contribution in [-0.2, 0) is 9.59 Å². The van der Waals surface area contributed by atoms with E-state index in [1.807, 2.05) is 0 Å². The Bertz CT molecular complexity index is 216. The Morgan fingerprint density at radius 3 is 2.73 bits per heavy atom. The number of Topliss-reactive ketones (excluding diaryl/α,β-unsaturated/α-hetero) is 1. The minimum atomic E-state index is -1.22. The monoisotopic (exact) mass is 155 g/mol. The van der Waals surface area contributed by atoms with Crippen LogP contribution in [0.4, 0.5) is 0 Å². The Balaban J connectivity index is 4.03. The Morgan fingerprint density at radius 1 is 1.82 bits per heavy atom. The SMILES string of the molecule is C=C(C)C(O)C(=O)CN=C=O. The molecule has 0 spiro atoms. The highest BCUT2D eigenvalue weighted by molar-refractivity contribution is 5.87. The number of ketones is 1. The number of aliphatic hydroxyl groups excluding tert-OH is 1. The van der Waals surface area contributed by atoms with Crippen molar-refractivity contribution < 1.29 is 14.7 Å². The second kappa shape index (κ2) is 4.55. The van der Waals surface area contributed by atoms with Crippen LogP contribution in [0, 0.1) is 0 Å². The summed E-state index contributed by atoms with van der Waals surface area (Å²) in [7, 11) is 0. The fourth-order valence-corrected chi connectivity index (χ4v) is 0.471. The van der Waals surface area contributed by atoms with Crippen LogP contribution in [0.15, 0.2) is 17.1 Å². The van der Waals surface area contributed by atoms with Gasteiger partial charge in [-0.3, -0.25) is 4.79 Å². The molecule has 0 fully saturated rings. The number of carbonyl (C=O) groups is 1. The largest absolute Gasteiger partial charge is 0.381 e. The smallest absolute Gasteiger partial charge is 0.235 e. The van der Waals surface area contributed by atoms with Gasteiger partial charge in [-0.15, -0.1) is 0 Å². The van der Waals surface area contributed by atoms with Gasteiger partial charge < -0.3 is 5.11 Å². The van der Waals surface area contributed by atoms with Crippen LogP contribution < -0.4 is 0 Å². The van der Waals surface area contributed by atoms with Crippen LogP contribution in [0.25, 0.3) is 0 Å². The van der Waals surface area contributed by atoms with E-state index in [2.05, 4.69) is 11.6 Å². The molecule has 0 bridgehead atoms. The fourth-order valence-electron chi connectivity index (χ4n) is 0.471. The van der Waals surface area contributed by atoms with Gasteiger partial charge >= 0.3 is 0 Å². The summed E-state index contributed by atoms with van der Waals surface area (Å²) in [4.78, 5) is 23.3. The number of hydrogen-bond acceptors (Lipinski definition) is 4. The molecule has 0 aromatic heterocycles. The summed E-state index contributed by atoms with van der Waals surface area (Å²) in [5, 5.41) is 8.98. The standard InChI is InChI=1S/C7H9NO3/c1-5(2)7(11)6(10)3-8-4-9/h7,11H,1,3H2,2H3. The van der Waals surface area contributed by atoms with E-state index in [0.29, 0.717) is 5.57 Å². The quantitative estimate of drug-likeness (QED) is 0.348. The van der Waals surface area contributed by atoms with Gasteiger partial charge in [-0.2, -0.15) is 4.99 Å². The van der Waals surface area contributed by atoms with Crippen molar-refractivity contribution >= 4 is 11.9 Å². The van der Waals surface area contributed by atoms with Gasteiger partial charge in [0.1, 0.15) is 12.6 Å². The Kier molecular flexibility index (Phi) is 4.03. The lowest BCUT2D eigenvalue weighted by Crippen LogP contribution is -2.23. The van der Waals surface area contributed by atoms with Gasteiger partial charge in [0.25, 0.3) is 0 Å². The average Bonchev–Trinajstić information content (AvgIpc) is 1.98. The van der Waals surface area contributed by atoms with Crippen molar-refractivity contribution in [3.63, 3.8) is 0 Å². The highest BCUT2D eigenvalue weighted by atomic mass is 16.3. The van der Waals surface area contributed by atoms with E-state index >= 15 is 0 Å². The fraction of sp³-hybridized carbons (Fsp3) is 0.429. The lowest BCUT2D eigenvalue weighted by Gasteiger charge is -2.04. The Hall–Kier alpha value is -1.25. The first-order valence-corrected chi connectivity index (χ1v) is 2.99. The normalized spacial score (nSPS) is 11.5. The zero-order chi connectivity index (χ0) is 8.85. The van der Waals surface area contributed by atoms with Crippen LogP contribution in [0.2, 0.25) is 0 Å². The van der Waals surface area contributed by atoms with Gasteiger partial charge in [-0.1, -0.05) is 6.58 Å². The maximum Gasteiger partial charge on any atom is 0.235 e. The molecule has 0 radical (unpaired) electrons. The number of hydrogen-bond donors (Lipinski definition) is 1. The number of carbonyl (C=O) groups excluding carboxylic acids is 2. The molecule has 0 saturated heterocycles. The highest BCUT2D eigenvalue weighted by Crippen LogP contribution is 1.98. The van der Waals surface area contributed by atoms with Crippen molar-refractivity contribution in [3.05, 3.63) is 12.2 Å². The summed E-state index contributed by atoms with van der Waals surface area (Å²) >= 11 is 0. The second-order valence-corrected chi connectivity index (χ2v) is 2.12. The van der Waals surface area contributed by atoms with Gasteiger partial charge in [0.15, 0.2) is 5.78 Å². The molecule has 0 aliphatic heterocycles. The van der Waals surface area contributed by atoms with E-state index < -0.39 is 11.9 Å². The molecule has 0 aromatic rings. The molecule has 60 valence electrons. The molecule has 11 heavy (non-hydrogen) atoms. The molecule has 0 amide bonds. The Labute approximate surface area is 64.3 Å². The van der Waals surface area contributed by atoms with Gasteiger partial charge in [0.2, 0.25) is 6.08 Å². The Morgan fingerprint density at radius 2 is 2.36 bits per heavy atom. The molecule has 0 saturated carbocycles. The molecular formula is C7H9NO3. The first-order valence-electron chi connectivity index (χ1n) is 2.99. The molecule has 0 aromatic carbocycles. The van der Waals surface area contributed by atoms with E-state index in [1.165, 1.54) is 13.0 Å². The average molecular weight is 155 g/mol. The summed E-state index contributed by atoms with van der Waals surface area (Å²) in [6.07, 6.45) is -0.00986. The van der Waals surface area contributed by atoms with E-state index in [0.717, 1.165) is 0 Å². The number of nitrogens with zero attached hydrogens (tertiary/aromatic N) is 1. The first-order chi connectivity index (χ1) is 5.09. The molecular weight excluding hydrogens is 146 g/mol. The topological polar surface area (TPSA) is 66.7 Å². The van der Waals surface area contributed by atoms with E-state index in [9.17, 15) is 9.59 Å². The molecule has 0 aliphatic carbocycles. The third-order valence-corrected chi connectivity index (χ3v) is 1.07. The van der Waals surface area contributed by atoms with E-state index in [1.54, 1.807) is 0 Å². The number of aliphatic imine (C=N–C) groups is 1. The molecule has 1 unspecified atom stereocenters. The lowest BCUT2D eigenvalue weighted by atomic mass is 10.1. The van der Waals surface area contributed by atoms with Crippen LogP contribution >= 0.6 is 0 Å². The van der Waals surface area contributed by atoms with E-state index in [4.69, 9.17) is 5.11 Å². The predicted molar refractivity (Wildman–Crippen MR) is 38.8 cm³/mol. The third kappa shape index (κ3) is 3.45. The molecule has 4 nitrogen and oxygen atoms in total. The molecule has 4 heteroatoms. The second-order valence-electron chi connectivity index (χ2n) is 2.12. The summed E-state index contributed by atoms with van der Waals surface area (Å²) in [5.41, 5.74) is 0.344. The maximum atomic E-state index is 10.8. The van der Waals surface area contributed by atoms with Crippen LogP contribution in [-0.4, -0.2) is 29.6 Å². The van der Waals surface area contributed by atoms with Gasteiger partial charge in [-0.25, -0.2) is 4.79 Å². The summed E-state index contributed by atoms with van der Waals surface area (Å²) in [5.74, 6) is -0.541. The number of isocyanates is 1. The van der Waals surface area contributed by atoms with Crippen molar-refractivity contribution in [1.82, 2.24) is 0 Å². The van der Waals surface area contributed by atoms with Crippen molar-refractivity contribution in [3.8, 4) is 0 Å². The van der Waals surface area contributed by atoms with Gasteiger partial charge in [-0.05, 0) is 12.5 Å². The van der Waals surface area contributed by atoms with Crippen molar-refractivity contribution in [2.24, 2.45) is 4.99 Å². The molecule has 1 N–H and O–H groups in total. The van der Waals surface area contributed by atoms with E-state index in [-0.39, 0.29) is 6.54 Å². The van der Waals surface area contributed by atoms with Crippen molar-refractivity contribution in [2.45, 2.75) is 13.0 Å². The predicted octanol–water partition coefficient (Wildman–Crippen LogP) is -0.172. The summed E-state index contributed by atoms with van der Waals surface area (Å²) in [6.45, 7) is 4.56. The van der Waals surface area contributed by atoms with Gasteiger partial charge in [0, 0.05) is 0 Å². The highest BCUT2D eigenvalue weighted by Gasteiger charge is 2.13. The third-order valence-electron chi connectivity index (χ3n) is 1.07. The van der Waals surface area contributed by atoms with Crippen LogP contribution in [0.1, 0.15) is 6.92 Å². The zero-order valence-corrected chi connectivity index (χ0v) is 6.20. The minimum absolute atomic E-state index is 0.336. The zero-order valence-electron chi connectivity index (χ0n) is 6.20. The van der Waals surface area contributed by atoms with Crippen LogP contribution in [0.5, 0.6) is 0 Å². The molecule has 1 atom stereocenters.